The predicted molar refractivity (Wildman–Crippen MR) is 76.7 cm³/mol. The first kappa shape index (κ1) is 14.0. The molecule has 2 nitrogen and oxygen atoms in total. The summed E-state index contributed by atoms with van der Waals surface area (Å²) in [6.07, 6.45) is 0. The van der Waals surface area contributed by atoms with Crippen LogP contribution >= 0.6 is 0 Å². The Kier molecular flexibility index (Phi) is 5.01. The summed E-state index contributed by atoms with van der Waals surface area (Å²) in [5.74, 6) is 0. The molecule has 0 saturated heterocycles. The van der Waals surface area contributed by atoms with Crippen LogP contribution < -0.4 is 10.2 Å². The SMILES string of the molecule is CCN(c1ccccc1)C(C)CNC(C)(C)C. The molecule has 1 rings (SSSR count). The Labute approximate surface area is 106 Å². The van der Waals surface area contributed by atoms with Gasteiger partial charge in [0, 0.05) is 30.4 Å². The van der Waals surface area contributed by atoms with E-state index in [2.05, 4.69) is 75.2 Å². The summed E-state index contributed by atoms with van der Waals surface area (Å²) in [6.45, 7) is 13.1. The molecule has 0 spiro atoms. The number of hydrogen-bond acceptors (Lipinski definition) is 2. The second-order valence-corrected chi connectivity index (χ2v) is 5.60. The monoisotopic (exact) mass is 234 g/mol. The molecule has 0 aliphatic rings. The van der Waals surface area contributed by atoms with E-state index in [-0.39, 0.29) is 5.54 Å². The van der Waals surface area contributed by atoms with Gasteiger partial charge in [0.1, 0.15) is 0 Å². The van der Waals surface area contributed by atoms with E-state index in [0.29, 0.717) is 6.04 Å². The molecule has 0 saturated carbocycles. The molecular weight excluding hydrogens is 208 g/mol. The summed E-state index contributed by atoms with van der Waals surface area (Å²) in [5, 5.41) is 3.56. The van der Waals surface area contributed by atoms with Crippen LogP contribution in [0, 0.1) is 0 Å². The Hall–Kier alpha value is -1.02. The Bertz CT molecular complexity index is 313. The topological polar surface area (TPSA) is 15.3 Å². The molecule has 0 bridgehead atoms. The number of likely N-dealkylation sites (N-methyl/N-ethyl adjacent to an activating group) is 1. The minimum absolute atomic E-state index is 0.185. The highest BCUT2D eigenvalue weighted by atomic mass is 15.2. The van der Waals surface area contributed by atoms with E-state index in [0.717, 1.165) is 13.1 Å². The molecule has 0 fully saturated rings. The van der Waals surface area contributed by atoms with Gasteiger partial charge in [-0.05, 0) is 46.8 Å². The maximum atomic E-state index is 3.56. The minimum atomic E-state index is 0.185. The first-order chi connectivity index (χ1) is 7.94. The molecule has 0 amide bonds. The Morgan fingerprint density at radius 1 is 1.18 bits per heavy atom. The molecule has 0 radical (unpaired) electrons. The standard InChI is InChI=1S/C15H26N2/c1-6-17(14-10-8-7-9-11-14)13(2)12-16-15(3,4)5/h7-11,13,16H,6,12H2,1-5H3. The maximum absolute atomic E-state index is 3.56. The van der Waals surface area contributed by atoms with Crippen molar-refractivity contribution < 1.29 is 0 Å². The van der Waals surface area contributed by atoms with Crippen LogP contribution in [-0.2, 0) is 0 Å². The summed E-state index contributed by atoms with van der Waals surface area (Å²) in [5.41, 5.74) is 1.49. The molecule has 0 aliphatic carbocycles. The van der Waals surface area contributed by atoms with E-state index >= 15 is 0 Å². The number of benzene rings is 1. The van der Waals surface area contributed by atoms with Gasteiger partial charge < -0.3 is 10.2 Å². The Morgan fingerprint density at radius 3 is 2.24 bits per heavy atom. The molecule has 0 aliphatic heterocycles. The van der Waals surface area contributed by atoms with E-state index in [9.17, 15) is 0 Å². The van der Waals surface area contributed by atoms with Gasteiger partial charge in [-0.25, -0.2) is 0 Å². The zero-order chi connectivity index (χ0) is 12.9. The van der Waals surface area contributed by atoms with Crippen LogP contribution in [0.5, 0.6) is 0 Å². The highest BCUT2D eigenvalue weighted by molar-refractivity contribution is 5.46. The van der Waals surface area contributed by atoms with Crippen LogP contribution in [0.4, 0.5) is 5.69 Å². The largest absolute Gasteiger partial charge is 0.368 e. The van der Waals surface area contributed by atoms with Gasteiger partial charge in [0.2, 0.25) is 0 Å². The molecule has 17 heavy (non-hydrogen) atoms. The molecule has 1 aromatic rings. The summed E-state index contributed by atoms with van der Waals surface area (Å²) in [4.78, 5) is 2.43. The van der Waals surface area contributed by atoms with Gasteiger partial charge in [0.05, 0.1) is 0 Å². The van der Waals surface area contributed by atoms with Gasteiger partial charge in [-0.3, -0.25) is 0 Å². The Morgan fingerprint density at radius 2 is 1.76 bits per heavy atom. The van der Waals surface area contributed by atoms with E-state index in [1.807, 2.05) is 0 Å². The van der Waals surface area contributed by atoms with Crippen LogP contribution in [-0.4, -0.2) is 24.7 Å². The number of rotatable bonds is 5. The highest BCUT2D eigenvalue weighted by Crippen LogP contribution is 2.16. The first-order valence-corrected chi connectivity index (χ1v) is 6.50. The fourth-order valence-electron chi connectivity index (χ4n) is 1.93. The summed E-state index contributed by atoms with van der Waals surface area (Å²) >= 11 is 0. The average molecular weight is 234 g/mol. The molecule has 1 aromatic carbocycles. The molecule has 1 unspecified atom stereocenters. The van der Waals surface area contributed by atoms with Crippen LogP contribution in [0.2, 0.25) is 0 Å². The van der Waals surface area contributed by atoms with Gasteiger partial charge in [-0.2, -0.15) is 0 Å². The predicted octanol–water partition coefficient (Wildman–Crippen LogP) is 3.29. The lowest BCUT2D eigenvalue weighted by atomic mass is 10.1. The third kappa shape index (κ3) is 4.78. The smallest absolute Gasteiger partial charge is 0.0386 e. The maximum Gasteiger partial charge on any atom is 0.0386 e. The summed E-state index contributed by atoms with van der Waals surface area (Å²) < 4.78 is 0. The van der Waals surface area contributed by atoms with E-state index in [1.54, 1.807) is 0 Å². The lowest BCUT2D eigenvalue weighted by Gasteiger charge is -2.33. The van der Waals surface area contributed by atoms with Gasteiger partial charge in [-0.15, -0.1) is 0 Å². The lowest BCUT2D eigenvalue weighted by Crippen LogP contribution is -2.46. The van der Waals surface area contributed by atoms with Crippen molar-refractivity contribution >= 4 is 5.69 Å². The minimum Gasteiger partial charge on any atom is -0.368 e. The molecule has 0 aromatic heterocycles. The van der Waals surface area contributed by atoms with Crippen molar-refractivity contribution in [2.45, 2.75) is 46.2 Å². The van der Waals surface area contributed by atoms with Gasteiger partial charge >= 0.3 is 0 Å². The molecular formula is C15H26N2. The molecule has 2 heteroatoms. The molecule has 1 atom stereocenters. The quantitative estimate of drug-likeness (QED) is 0.841. The van der Waals surface area contributed by atoms with E-state index in [1.165, 1.54) is 5.69 Å². The first-order valence-electron chi connectivity index (χ1n) is 6.50. The van der Waals surface area contributed by atoms with Gasteiger partial charge in [0.15, 0.2) is 0 Å². The Balaban J connectivity index is 2.62. The van der Waals surface area contributed by atoms with E-state index < -0.39 is 0 Å². The van der Waals surface area contributed by atoms with Crippen molar-refractivity contribution in [2.75, 3.05) is 18.0 Å². The number of para-hydroxylation sites is 1. The van der Waals surface area contributed by atoms with Crippen LogP contribution in [0.25, 0.3) is 0 Å². The zero-order valence-corrected chi connectivity index (χ0v) is 11.8. The number of nitrogens with one attached hydrogen (secondary N) is 1. The highest BCUT2D eigenvalue weighted by Gasteiger charge is 2.15. The lowest BCUT2D eigenvalue weighted by molar-refractivity contribution is 0.405. The number of anilines is 1. The fraction of sp³-hybridized carbons (Fsp3) is 0.600. The fourth-order valence-corrected chi connectivity index (χ4v) is 1.93. The second kappa shape index (κ2) is 6.06. The van der Waals surface area contributed by atoms with Crippen molar-refractivity contribution in [3.63, 3.8) is 0 Å². The van der Waals surface area contributed by atoms with Crippen molar-refractivity contribution in [2.24, 2.45) is 0 Å². The zero-order valence-electron chi connectivity index (χ0n) is 11.8. The van der Waals surface area contributed by atoms with Crippen molar-refractivity contribution in [1.82, 2.24) is 5.32 Å². The van der Waals surface area contributed by atoms with Crippen molar-refractivity contribution in [1.29, 1.82) is 0 Å². The number of hydrogen-bond donors (Lipinski definition) is 1. The van der Waals surface area contributed by atoms with Gasteiger partial charge in [-0.1, -0.05) is 18.2 Å². The summed E-state index contributed by atoms with van der Waals surface area (Å²) in [6, 6.07) is 11.1. The third-order valence-corrected chi connectivity index (χ3v) is 2.89. The second-order valence-electron chi connectivity index (χ2n) is 5.60. The normalized spacial score (nSPS) is 13.5. The molecule has 96 valence electrons. The molecule has 1 N–H and O–H groups in total. The molecule has 0 heterocycles. The van der Waals surface area contributed by atoms with Gasteiger partial charge in [0.25, 0.3) is 0 Å². The van der Waals surface area contributed by atoms with Crippen LogP contribution in [0.1, 0.15) is 34.6 Å². The number of nitrogens with zero attached hydrogens (tertiary/aromatic N) is 1. The van der Waals surface area contributed by atoms with E-state index in [4.69, 9.17) is 0 Å². The van der Waals surface area contributed by atoms with Crippen molar-refractivity contribution in [3.8, 4) is 0 Å². The van der Waals surface area contributed by atoms with Crippen LogP contribution in [0.15, 0.2) is 30.3 Å². The summed E-state index contributed by atoms with van der Waals surface area (Å²) in [7, 11) is 0. The van der Waals surface area contributed by atoms with Crippen LogP contribution in [0.3, 0.4) is 0 Å². The van der Waals surface area contributed by atoms with Crippen molar-refractivity contribution in [3.05, 3.63) is 30.3 Å². The average Bonchev–Trinajstić information content (AvgIpc) is 2.28. The third-order valence-electron chi connectivity index (χ3n) is 2.89.